The zero-order chi connectivity index (χ0) is 17.9. The summed E-state index contributed by atoms with van der Waals surface area (Å²) in [6.45, 7) is 3.59. The van der Waals surface area contributed by atoms with Crippen LogP contribution in [0.25, 0.3) is 11.0 Å². The van der Waals surface area contributed by atoms with E-state index in [2.05, 4.69) is 20.2 Å². The molecule has 0 aliphatic carbocycles. The molecule has 0 bridgehead atoms. The van der Waals surface area contributed by atoms with Crippen molar-refractivity contribution >= 4 is 22.7 Å². The number of furan rings is 1. The maximum Gasteiger partial charge on any atom is 0.223 e. The van der Waals surface area contributed by atoms with Crippen LogP contribution in [-0.2, 0) is 4.79 Å². The number of amides is 1. The van der Waals surface area contributed by atoms with E-state index in [1.54, 1.807) is 18.6 Å². The van der Waals surface area contributed by atoms with Gasteiger partial charge in [0.15, 0.2) is 0 Å². The average molecular weight is 350 g/mol. The molecule has 1 amide bonds. The van der Waals surface area contributed by atoms with E-state index in [9.17, 15) is 4.79 Å². The summed E-state index contributed by atoms with van der Waals surface area (Å²) >= 11 is 0. The molecule has 1 aliphatic rings. The van der Waals surface area contributed by atoms with Gasteiger partial charge < -0.3 is 14.6 Å². The first-order valence-electron chi connectivity index (χ1n) is 9.00. The minimum Gasteiger partial charge on any atom is -0.459 e. The van der Waals surface area contributed by atoms with Crippen LogP contribution >= 0.6 is 0 Å². The van der Waals surface area contributed by atoms with Gasteiger partial charge in [-0.25, -0.2) is 4.98 Å². The Morgan fingerprint density at radius 1 is 1.27 bits per heavy atom. The molecule has 3 heterocycles. The summed E-state index contributed by atoms with van der Waals surface area (Å²) in [5.74, 6) is 1.78. The normalized spacial score (nSPS) is 16.6. The number of carbonyl (C=O) groups is 1. The minimum absolute atomic E-state index is 0.0229. The van der Waals surface area contributed by atoms with Crippen LogP contribution < -0.4 is 10.2 Å². The molecule has 1 aliphatic heterocycles. The van der Waals surface area contributed by atoms with Crippen LogP contribution in [-0.4, -0.2) is 29.0 Å². The highest BCUT2D eigenvalue weighted by Crippen LogP contribution is 2.25. The monoisotopic (exact) mass is 350 g/mol. The Labute approximate surface area is 152 Å². The molecule has 0 spiro atoms. The molecule has 4 rings (SSSR count). The summed E-state index contributed by atoms with van der Waals surface area (Å²) < 4.78 is 5.85. The third-order valence-corrected chi connectivity index (χ3v) is 4.97. The van der Waals surface area contributed by atoms with Crippen molar-refractivity contribution in [1.29, 1.82) is 0 Å². The zero-order valence-electron chi connectivity index (χ0n) is 14.8. The predicted molar refractivity (Wildman–Crippen MR) is 99.7 cm³/mol. The van der Waals surface area contributed by atoms with Gasteiger partial charge in [-0.15, -0.1) is 0 Å². The van der Waals surface area contributed by atoms with E-state index in [1.165, 1.54) is 0 Å². The summed E-state index contributed by atoms with van der Waals surface area (Å²) in [4.78, 5) is 23.3. The molecule has 6 heteroatoms. The molecule has 1 aromatic carbocycles. The number of benzene rings is 1. The van der Waals surface area contributed by atoms with Crippen molar-refractivity contribution in [3.8, 4) is 0 Å². The number of piperidine rings is 1. The van der Waals surface area contributed by atoms with Crippen molar-refractivity contribution in [3.63, 3.8) is 0 Å². The Balaban J connectivity index is 1.35. The highest BCUT2D eigenvalue weighted by Gasteiger charge is 2.27. The van der Waals surface area contributed by atoms with E-state index in [0.29, 0.717) is 0 Å². The van der Waals surface area contributed by atoms with E-state index < -0.39 is 0 Å². The first-order valence-corrected chi connectivity index (χ1v) is 9.00. The first kappa shape index (κ1) is 16.6. The molecule has 0 saturated carbocycles. The molecule has 1 atom stereocenters. The van der Waals surface area contributed by atoms with Crippen molar-refractivity contribution in [1.82, 2.24) is 15.3 Å². The third-order valence-electron chi connectivity index (χ3n) is 4.97. The van der Waals surface area contributed by atoms with Crippen molar-refractivity contribution < 1.29 is 9.21 Å². The van der Waals surface area contributed by atoms with E-state index in [1.807, 2.05) is 37.3 Å². The molecule has 1 saturated heterocycles. The number of rotatable bonds is 4. The van der Waals surface area contributed by atoms with E-state index in [4.69, 9.17) is 4.42 Å². The van der Waals surface area contributed by atoms with Gasteiger partial charge in [0, 0.05) is 36.8 Å². The van der Waals surface area contributed by atoms with Gasteiger partial charge in [0.1, 0.15) is 17.2 Å². The summed E-state index contributed by atoms with van der Waals surface area (Å²) in [6.07, 6.45) is 6.76. The van der Waals surface area contributed by atoms with Gasteiger partial charge in [-0.05, 0) is 31.9 Å². The lowest BCUT2D eigenvalue weighted by Crippen LogP contribution is -2.41. The lowest BCUT2D eigenvalue weighted by atomic mass is 9.95. The smallest absolute Gasteiger partial charge is 0.223 e. The van der Waals surface area contributed by atoms with Crippen LogP contribution in [0.4, 0.5) is 5.82 Å². The number of anilines is 1. The molecular formula is C20H22N4O2. The van der Waals surface area contributed by atoms with Gasteiger partial charge in [-0.3, -0.25) is 9.78 Å². The van der Waals surface area contributed by atoms with E-state index in [0.717, 1.165) is 48.5 Å². The Bertz CT molecular complexity index is 852. The number of para-hydroxylation sites is 1. The Hall–Kier alpha value is -2.89. The van der Waals surface area contributed by atoms with Crippen LogP contribution in [0.5, 0.6) is 0 Å². The number of nitrogens with zero attached hydrogens (tertiary/aromatic N) is 3. The molecule has 26 heavy (non-hydrogen) atoms. The third kappa shape index (κ3) is 3.40. The maximum atomic E-state index is 12.6. The average Bonchev–Trinajstić information content (AvgIpc) is 3.13. The van der Waals surface area contributed by atoms with Crippen LogP contribution in [0, 0.1) is 5.92 Å². The van der Waals surface area contributed by atoms with Gasteiger partial charge in [-0.1, -0.05) is 18.2 Å². The van der Waals surface area contributed by atoms with Crippen LogP contribution in [0.15, 0.2) is 53.3 Å². The fraction of sp³-hybridized carbons (Fsp3) is 0.350. The molecule has 6 nitrogen and oxygen atoms in total. The summed E-state index contributed by atoms with van der Waals surface area (Å²) in [5.41, 5.74) is 0.848. The largest absolute Gasteiger partial charge is 0.459 e. The first-order chi connectivity index (χ1) is 12.7. The molecular weight excluding hydrogens is 328 g/mol. The maximum absolute atomic E-state index is 12.6. The second-order valence-corrected chi connectivity index (χ2v) is 6.74. The van der Waals surface area contributed by atoms with Gasteiger partial charge in [0.25, 0.3) is 0 Å². The fourth-order valence-corrected chi connectivity index (χ4v) is 3.44. The second-order valence-electron chi connectivity index (χ2n) is 6.74. The second kappa shape index (κ2) is 7.15. The van der Waals surface area contributed by atoms with E-state index in [-0.39, 0.29) is 17.9 Å². The molecule has 2 aromatic heterocycles. The van der Waals surface area contributed by atoms with Crippen molar-refractivity contribution in [2.24, 2.45) is 5.92 Å². The topological polar surface area (TPSA) is 71.3 Å². The predicted octanol–water partition coefficient (Wildman–Crippen LogP) is 3.32. The highest BCUT2D eigenvalue weighted by molar-refractivity contribution is 5.80. The summed E-state index contributed by atoms with van der Waals surface area (Å²) in [5, 5.41) is 4.16. The van der Waals surface area contributed by atoms with Gasteiger partial charge in [0.2, 0.25) is 5.91 Å². The quantitative estimate of drug-likeness (QED) is 0.781. The van der Waals surface area contributed by atoms with Gasteiger partial charge in [-0.2, -0.15) is 0 Å². The molecule has 1 N–H and O–H groups in total. The minimum atomic E-state index is -0.145. The molecule has 1 fully saturated rings. The Kier molecular flexibility index (Phi) is 4.56. The Morgan fingerprint density at radius 2 is 2.08 bits per heavy atom. The van der Waals surface area contributed by atoms with Gasteiger partial charge in [0.05, 0.1) is 12.2 Å². The van der Waals surface area contributed by atoms with Crippen molar-refractivity contribution in [2.75, 3.05) is 18.0 Å². The van der Waals surface area contributed by atoms with Crippen LogP contribution in [0.3, 0.4) is 0 Å². The summed E-state index contributed by atoms with van der Waals surface area (Å²) in [7, 11) is 0. The van der Waals surface area contributed by atoms with Gasteiger partial charge >= 0.3 is 0 Å². The standard InChI is InChI=1S/C20H22N4O2/c1-14(18-12-16-4-2-3-5-17(16)26-18)23-20(25)15-6-10-24(11-7-15)19-13-21-8-9-22-19/h2-5,8-9,12-15H,6-7,10-11H2,1H3,(H,23,25). The summed E-state index contributed by atoms with van der Waals surface area (Å²) in [6, 6.07) is 9.73. The molecule has 0 radical (unpaired) electrons. The zero-order valence-corrected chi connectivity index (χ0v) is 14.8. The van der Waals surface area contributed by atoms with Crippen molar-refractivity contribution in [3.05, 3.63) is 54.7 Å². The van der Waals surface area contributed by atoms with Crippen LogP contribution in [0.1, 0.15) is 31.6 Å². The fourth-order valence-electron chi connectivity index (χ4n) is 3.44. The number of nitrogens with one attached hydrogen (secondary N) is 1. The molecule has 3 aromatic rings. The SMILES string of the molecule is CC(NC(=O)C1CCN(c2cnccn2)CC1)c1cc2ccccc2o1. The molecule has 1 unspecified atom stereocenters. The lowest BCUT2D eigenvalue weighted by molar-refractivity contribution is -0.126. The highest BCUT2D eigenvalue weighted by atomic mass is 16.3. The number of fused-ring (bicyclic) bond motifs is 1. The van der Waals surface area contributed by atoms with Crippen LogP contribution in [0.2, 0.25) is 0 Å². The Morgan fingerprint density at radius 3 is 2.81 bits per heavy atom. The molecule has 134 valence electrons. The number of hydrogen-bond donors (Lipinski definition) is 1. The number of hydrogen-bond acceptors (Lipinski definition) is 5. The lowest BCUT2D eigenvalue weighted by Gasteiger charge is -2.32. The number of carbonyl (C=O) groups excluding carboxylic acids is 1. The number of aromatic nitrogens is 2. The van der Waals surface area contributed by atoms with E-state index >= 15 is 0 Å². The van der Waals surface area contributed by atoms with Crippen molar-refractivity contribution in [2.45, 2.75) is 25.8 Å².